The first kappa shape index (κ1) is 24.9. The van der Waals surface area contributed by atoms with E-state index in [0.717, 1.165) is 5.56 Å². The van der Waals surface area contributed by atoms with Gasteiger partial charge < -0.3 is 15.8 Å². The van der Waals surface area contributed by atoms with Crippen LogP contribution in [0.15, 0.2) is 66.7 Å². The van der Waals surface area contributed by atoms with Crippen LogP contribution in [0.5, 0.6) is 5.75 Å². The van der Waals surface area contributed by atoms with Gasteiger partial charge in [-0.2, -0.15) is 0 Å². The van der Waals surface area contributed by atoms with E-state index in [4.69, 9.17) is 10.5 Å². The minimum atomic E-state index is -0.414. The van der Waals surface area contributed by atoms with Crippen molar-refractivity contribution in [3.8, 4) is 5.75 Å². The molecule has 9 heteroatoms. The highest BCUT2D eigenvalue weighted by molar-refractivity contribution is 6.16. The third kappa shape index (κ3) is 5.52. The molecule has 1 heterocycles. The summed E-state index contributed by atoms with van der Waals surface area (Å²) in [7, 11) is 1.50. The Kier molecular flexibility index (Phi) is 7.60. The number of amides is 1. The number of nitrogens with zero attached hydrogens (tertiary/aromatic N) is 2. The van der Waals surface area contributed by atoms with Crippen LogP contribution < -0.4 is 15.8 Å². The summed E-state index contributed by atoms with van der Waals surface area (Å²) in [6, 6.07) is 18.4. The lowest BCUT2D eigenvalue weighted by Gasteiger charge is -2.31. The van der Waals surface area contributed by atoms with Gasteiger partial charge in [-0.1, -0.05) is 30.3 Å². The van der Waals surface area contributed by atoms with Gasteiger partial charge in [0.15, 0.2) is 5.78 Å². The number of methoxy groups -OCH3 is 1. The molecule has 0 aliphatic carbocycles. The average Bonchev–Trinajstić information content (AvgIpc) is 2.90. The summed E-state index contributed by atoms with van der Waals surface area (Å²) in [6.07, 6.45) is 1.31. The molecule has 9 nitrogen and oxygen atoms in total. The topological polar surface area (TPSA) is 128 Å². The van der Waals surface area contributed by atoms with E-state index >= 15 is 0 Å². The van der Waals surface area contributed by atoms with Crippen molar-refractivity contribution < 1.29 is 19.2 Å². The monoisotopic (exact) mass is 488 g/mol. The summed E-state index contributed by atoms with van der Waals surface area (Å²) < 4.78 is 5.33. The number of ether oxygens (including phenoxy) is 1. The Bertz CT molecular complexity index is 1270. The molecule has 0 bridgehead atoms. The van der Waals surface area contributed by atoms with Crippen molar-refractivity contribution in [3.05, 3.63) is 93.5 Å². The third-order valence-corrected chi connectivity index (χ3v) is 6.45. The Morgan fingerprint density at radius 3 is 2.36 bits per heavy atom. The summed E-state index contributed by atoms with van der Waals surface area (Å²) in [5.41, 5.74) is 8.56. The molecule has 0 unspecified atom stereocenters. The lowest BCUT2D eigenvalue weighted by atomic mass is 9.94. The first-order chi connectivity index (χ1) is 17.4. The Morgan fingerprint density at radius 1 is 1.03 bits per heavy atom. The molecular formula is C27H28N4O5. The van der Waals surface area contributed by atoms with Gasteiger partial charge in [-0.15, -0.1) is 0 Å². The van der Waals surface area contributed by atoms with Crippen molar-refractivity contribution in [2.75, 3.05) is 31.2 Å². The molecule has 0 atom stereocenters. The van der Waals surface area contributed by atoms with Gasteiger partial charge in [-0.3, -0.25) is 24.6 Å². The van der Waals surface area contributed by atoms with Crippen LogP contribution in [-0.4, -0.2) is 41.7 Å². The van der Waals surface area contributed by atoms with E-state index in [1.54, 1.807) is 54.6 Å². The minimum absolute atomic E-state index is 0.0675. The fraction of sp³-hybridized carbons (Fsp3) is 0.259. The number of nitro groups is 1. The zero-order chi connectivity index (χ0) is 25.7. The van der Waals surface area contributed by atoms with Crippen molar-refractivity contribution in [2.24, 2.45) is 5.92 Å². The predicted octanol–water partition coefficient (Wildman–Crippen LogP) is 4.27. The van der Waals surface area contributed by atoms with Crippen molar-refractivity contribution in [1.29, 1.82) is 0 Å². The maximum atomic E-state index is 13.3. The van der Waals surface area contributed by atoms with Crippen molar-refractivity contribution in [1.82, 2.24) is 4.90 Å². The molecule has 1 fully saturated rings. The number of nitrogens with two attached hydrogens (primary N) is 1. The predicted molar refractivity (Wildman–Crippen MR) is 137 cm³/mol. The van der Waals surface area contributed by atoms with Gasteiger partial charge in [-0.05, 0) is 55.8 Å². The largest absolute Gasteiger partial charge is 0.496 e. The van der Waals surface area contributed by atoms with Gasteiger partial charge >= 0.3 is 0 Å². The summed E-state index contributed by atoms with van der Waals surface area (Å²) in [5.74, 6) is -0.223. The Hall–Kier alpha value is -4.24. The number of rotatable bonds is 8. The van der Waals surface area contributed by atoms with Crippen LogP contribution >= 0.6 is 0 Å². The molecule has 186 valence electrons. The highest BCUT2D eigenvalue weighted by Crippen LogP contribution is 2.30. The molecule has 0 radical (unpaired) electrons. The number of nitrogens with one attached hydrogen (secondary N) is 1. The molecule has 1 amide bonds. The maximum Gasteiger partial charge on any atom is 0.269 e. The van der Waals surface area contributed by atoms with E-state index in [9.17, 15) is 19.7 Å². The van der Waals surface area contributed by atoms with E-state index in [0.29, 0.717) is 60.7 Å². The third-order valence-electron chi connectivity index (χ3n) is 6.45. The number of carbonyl (C=O) groups is 2. The van der Waals surface area contributed by atoms with Gasteiger partial charge in [0.1, 0.15) is 5.75 Å². The second-order valence-corrected chi connectivity index (χ2v) is 8.76. The highest BCUT2D eigenvalue weighted by atomic mass is 16.6. The number of piperidine rings is 1. The van der Waals surface area contributed by atoms with E-state index in [2.05, 4.69) is 10.2 Å². The first-order valence-electron chi connectivity index (χ1n) is 11.7. The number of benzene rings is 3. The van der Waals surface area contributed by atoms with Gasteiger partial charge in [0.2, 0.25) is 5.91 Å². The van der Waals surface area contributed by atoms with E-state index in [1.165, 1.54) is 19.2 Å². The van der Waals surface area contributed by atoms with Crippen LogP contribution in [0.3, 0.4) is 0 Å². The lowest BCUT2D eigenvalue weighted by molar-refractivity contribution is -0.384. The second-order valence-electron chi connectivity index (χ2n) is 8.76. The maximum absolute atomic E-state index is 13.3. The lowest BCUT2D eigenvalue weighted by Crippen LogP contribution is -2.38. The number of likely N-dealkylation sites (tertiary alicyclic amines) is 1. The number of hydrogen-bond donors (Lipinski definition) is 2. The van der Waals surface area contributed by atoms with Crippen LogP contribution in [0, 0.1) is 16.0 Å². The number of nitro benzene ring substituents is 1. The molecule has 3 N–H and O–H groups in total. The molecule has 3 aromatic rings. The standard InChI is InChI=1S/C27H28N4O5/c1-36-24-8-3-2-5-21(24)26(32)22-6-4-7-23(28)25(22)29-27(33)19-13-15-30(16-14-19)17-18-9-11-20(12-10-18)31(34)35/h2-12,19H,13-17,28H2,1H3,(H,29,33). The fourth-order valence-electron chi connectivity index (χ4n) is 4.44. The van der Waals surface area contributed by atoms with Gasteiger partial charge in [0, 0.05) is 30.2 Å². The molecule has 4 rings (SSSR count). The number of ketones is 1. The van der Waals surface area contributed by atoms with Crippen LogP contribution in [0.2, 0.25) is 0 Å². The molecule has 3 aromatic carbocycles. The first-order valence-corrected chi connectivity index (χ1v) is 11.7. The van der Waals surface area contributed by atoms with Crippen molar-refractivity contribution >= 4 is 28.8 Å². The minimum Gasteiger partial charge on any atom is -0.496 e. The smallest absolute Gasteiger partial charge is 0.269 e. The number of nitrogen functional groups attached to an aromatic ring is 1. The van der Waals surface area contributed by atoms with Gasteiger partial charge in [0.25, 0.3) is 5.69 Å². The van der Waals surface area contributed by atoms with Crippen molar-refractivity contribution in [3.63, 3.8) is 0 Å². The van der Waals surface area contributed by atoms with Crippen LogP contribution in [0.1, 0.15) is 34.3 Å². The fourth-order valence-corrected chi connectivity index (χ4v) is 4.44. The number of anilines is 2. The molecule has 0 aromatic heterocycles. The average molecular weight is 489 g/mol. The Balaban J connectivity index is 1.41. The summed E-state index contributed by atoms with van der Waals surface area (Å²) >= 11 is 0. The second kappa shape index (κ2) is 11.0. The van der Waals surface area contributed by atoms with E-state index < -0.39 is 4.92 Å². The molecule has 1 aliphatic heterocycles. The van der Waals surface area contributed by atoms with Gasteiger partial charge in [-0.25, -0.2) is 0 Å². The summed E-state index contributed by atoms with van der Waals surface area (Å²) in [6.45, 7) is 2.09. The van der Waals surface area contributed by atoms with Crippen LogP contribution in [0.25, 0.3) is 0 Å². The number of para-hydroxylation sites is 2. The normalized spacial score (nSPS) is 14.2. The molecule has 36 heavy (non-hydrogen) atoms. The van der Waals surface area contributed by atoms with Gasteiger partial charge in [0.05, 0.1) is 29.0 Å². The quantitative estimate of drug-likeness (QED) is 0.210. The van der Waals surface area contributed by atoms with E-state index in [-0.39, 0.29) is 23.3 Å². The SMILES string of the molecule is COc1ccccc1C(=O)c1cccc(N)c1NC(=O)C1CCN(Cc2ccc([N+](=O)[O-])cc2)CC1. The van der Waals surface area contributed by atoms with Crippen LogP contribution in [-0.2, 0) is 11.3 Å². The molecule has 1 aliphatic rings. The highest BCUT2D eigenvalue weighted by Gasteiger charge is 2.27. The Labute approximate surface area is 209 Å². The van der Waals surface area contributed by atoms with E-state index in [1.807, 2.05) is 0 Å². The number of non-ortho nitro benzene ring substituents is 1. The molecule has 0 spiro atoms. The number of hydrogen-bond acceptors (Lipinski definition) is 7. The van der Waals surface area contributed by atoms with Crippen LogP contribution in [0.4, 0.5) is 17.1 Å². The molecule has 1 saturated heterocycles. The molecule has 0 saturated carbocycles. The zero-order valence-corrected chi connectivity index (χ0v) is 20.0. The van der Waals surface area contributed by atoms with Crippen molar-refractivity contribution in [2.45, 2.75) is 19.4 Å². The summed E-state index contributed by atoms with van der Waals surface area (Å²) in [4.78, 5) is 39.1. The Morgan fingerprint density at radius 2 is 1.69 bits per heavy atom. The molecular weight excluding hydrogens is 460 g/mol. The summed E-state index contributed by atoms with van der Waals surface area (Å²) in [5, 5.41) is 13.7. The number of carbonyl (C=O) groups excluding carboxylic acids is 2. The zero-order valence-electron chi connectivity index (χ0n) is 20.0.